The number of aryl methyl sites for hydroxylation is 1. The fraction of sp³-hybridized carbons (Fsp3) is 0.143. The van der Waals surface area contributed by atoms with Crippen LogP contribution in [0.15, 0.2) is 29.9 Å². The van der Waals surface area contributed by atoms with Gasteiger partial charge in [0, 0.05) is 17.8 Å². The van der Waals surface area contributed by atoms with Crippen molar-refractivity contribution in [2.45, 2.75) is 13.3 Å². The molecular weight excluding hydrogens is 280 g/mol. The summed E-state index contributed by atoms with van der Waals surface area (Å²) in [6.07, 6.45) is 4.15. The number of hydrogen-bond acceptors (Lipinski definition) is 3. The molecule has 0 aromatic carbocycles. The Balaban J connectivity index is 2.17. The summed E-state index contributed by atoms with van der Waals surface area (Å²) in [6.45, 7) is 2.04. The Bertz CT molecular complexity index is 760. The second-order valence-electron chi connectivity index (χ2n) is 4.18. The molecule has 19 heavy (non-hydrogen) atoms. The van der Waals surface area contributed by atoms with Crippen LogP contribution in [0.2, 0.25) is 5.02 Å². The van der Waals surface area contributed by atoms with Crippen LogP contribution in [0.4, 0.5) is 0 Å². The fourth-order valence-corrected chi connectivity index (χ4v) is 3.33. The smallest absolute Gasteiger partial charge is 0.205 e. The third-order valence-corrected chi connectivity index (χ3v) is 4.37. The van der Waals surface area contributed by atoms with Crippen LogP contribution < -0.4 is 0 Å². The van der Waals surface area contributed by atoms with Gasteiger partial charge in [0.25, 0.3) is 0 Å². The molecule has 0 unspecified atom stereocenters. The van der Waals surface area contributed by atoms with Crippen molar-refractivity contribution in [2.75, 3.05) is 0 Å². The molecule has 3 aromatic heterocycles. The van der Waals surface area contributed by atoms with Crippen LogP contribution in [0.5, 0.6) is 0 Å². The molecule has 1 N–H and O–H groups in total. The normalized spacial score (nSPS) is 11.1. The highest BCUT2D eigenvalue weighted by Gasteiger charge is 2.19. The van der Waals surface area contributed by atoms with Gasteiger partial charge < -0.3 is 4.98 Å². The first-order valence-electron chi connectivity index (χ1n) is 5.95. The van der Waals surface area contributed by atoms with Gasteiger partial charge in [-0.3, -0.25) is 4.79 Å². The van der Waals surface area contributed by atoms with Crippen molar-refractivity contribution in [2.24, 2.45) is 0 Å². The lowest BCUT2D eigenvalue weighted by atomic mass is 10.1. The number of carbonyl (C=O) groups excluding carboxylic acids is 1. The predicted molar refractivity (Wildman–Crippen MR) is 78.2 cm³/mol. The number of rotatable bonds is 3. The van der Waals surface area contributed by atoms with E-state index in [2.05, 4.69) is 9.97 Å². The summed E-state index contributed by atoms with van der Waals surface area (Å²) >= 11 is 7.64. The minimum Gasteiger partial charge on any atom is -0.345 e. The van der Waals surface area contributed by atoms with Gasteiger partial charge >= 0.3 is 0 Å². The van der Waals surface area contributed by atoms with E-state index in [4.69, 9.17) is 11.6 Å². The number of fused-ring (bicyclic) bond motifs is 1. The molecule has 0 spiro atoms. The second kappa shape index (κ2) is 4.79. The number of aromatic amines is 1. The van der Waals surface area contributed by atoms with Crippen molar-refractivity contribution in [1.29, 1.82) is 0 Å². The lowest BCUT2D eigenvalue weighted by Gasteiger charge is -2.01. The standard InChI is InChI=1S/C14H11ClN2OS/c1-2-8-4-6-19-13(8)12(18)9-7-17-14-11(9)10(15)3-5-16-14/h3-7H,2H2,1H3,(H,16,17). The number of hydrogen-bond donors (Lipinski definition) is 1. The molecule has 0 aliphatic heterocycles. The Kier molecular flexibility index (Phi) is 3.12. The monoisotopic (exact) mass is 290 g/mol. The zero-order chi connectivity index (χ0) is 13.4. The van der Waals surface area contributed by atoms with E-state index in [0.29, 0.717) is 21.6 Å². The topological polar surface area (TPSA) is 45.8 Å². The molecular formula is C14H11ClN2OS. The quantitative estimate of drug-likeness (QED) is 0.739. The van der Waals surface area contributed by atoms with Gasteiger partial charge in [-0.25, -0.2) is 4.98 Å². The maximum atomic E-state index is 12.6. The molecule has 0 aliphatic carbocycles. The summed E-state index contributed by atoms with van der Waals surface area (Å²) in [4.78, 5) is 20.6. The molecule has 0 saturated heterocycles. The van der Waals surface area contributed by atoms with Crippen LogP contribution in [0.25, 0.3) is 11.0 Å². The number of nitrogens with zero attached hydrogens (tertiary/aromatic N) is 1. The average molecular weight is 291 g/mol. The van der Waals surface area contributed by atoms with Gasteiger partial charge in [0.15, 0.2) is 0 Å². The maximum absolute atomic E-state index is 12.6. The van der Waals surface area contributed by atoms with Gasteiger partial charge in [-0.2, -0.15) is 0 Å². The molecule has 0 saturated carbocycles. The first-order chi connectivity index (χ1) is 9.22. The molecule has 3 heterocycles. The van der Waals surface area contributed by atoms with E-state index in [0.717, 1.165) is 16.9 Å². The third-order valence-electron chi connectivity index (χ3n) is 3.10. The molecule has 0 atom stereocenters. The first-order valence-corrected chi connectivity index (χ1v) is 7.20. The summed E-state index contributed by atoms with van der Waals surface area (Å²) in [6, 6.07) is 3.69. The largest absolute Gasteiger partial charge is 0.345 e. The number of thiophene rings is 1. The van der Waals surface area contributed by atoms with Gasteiger partial charge in [0.2, 0.25) is 5.78 Å². The molecule has 96 valence electrons. The molecule has 0 bridgehead atoms. The van der Waals surface area contributed by atoms with Crippen molar-refractivity contribution in [3.63, 3.8) is 0 Å². The summed E-state index contributed by atoms with van der Waals surface area (Å²) in [5, 5.41) is 3.19. The minimum atomic E-state index is 0.00741. The number of halogens is 1. The van der Waals surface area contributed by atoms with E-state index in [-0.39, 0.29) is 5.78 Å². The van der Waals surface area contributed by atoms with E-state index >= 15 is 0 Å². The van der Waals surface area contributed by atoms with E-state index in [1.165, 1.54) is 11.3 Å². The highest BCUT2D eigenvalue weighted by Crippen LogP contribution is 2.29. The van der Waals surface area contributed by atoms with Gasteiger partial charge in [0.05, 0.1) is 15.5 Å². The fourth-order valence-electron chi connectivity index (χ4n) is 2.13. The molecule has 5 heteroatoms. The average Bonchev–Trinajstić information content (AvgIpc) is 3.05. The number of H-pyrrole nitrogens is 1. The predicted octanol–water partition coefficient (Wildman–Crippen LogP) is 4.07. The van der Waals surface area contributed by atoms with Crippen LogP contribution in [0, 0.1) is 0 Å². The molecule has 0 fully saturated rings. The van der Waals surface area contributed by atoms with E-state index in [9.17, 15) is 4.79 Å². The van der Waals surface area contributed by atoms with Crippen LogP contribution in [-0.4, -0.2) is 15.8 Å². The van der Waals surface area contributed by atoms with Gasteiger partial charge in [-0.1, -0.05) is 18.5 Å². The SMILES string of the molecule is CCc1ccsc1C(=O)c1c[nH]c2nccc(Cl)c12. The number of aromatic nitrogens is 2. The van der Waals surface area contributed by atoms with Crippen molar-refractivity contribution < 1.29 is 4.79 Å². The first kappa shape index (κ1) is 12.4. The molecule has 0 radical (unpaired) electrons. The Labute approximate surface area is 119 Å². The number of carbonyl (C=O) groups is 1. The molecule has 0 aliphatic rings. The number of pyridine rings is 1. The minimum absolute atomic E-state index is 0.00741. The lowest BCUT2D eigenvalue weighted by molar-refractivity contribution is 0.104. The highest BCUT2D eigenvalue weighted by molar-refractivity contribution is 7.12. The summed E-state index contributed by atoms with van der Waals surface area (Å²) < 4.78 is 0. The van der Waals surface area contributed by atoms with Gasteiger partial charge in [-0.05, 0) is 29.5 Å². The Hall–Kier alpha value is -1.65. The van der Waals surface area contributed by atoms with E-state index in [1.54, 1.807) is 18.5 Å². The molecule has 0 amide bonds. The van der Waals surface area contributed by atoms with Crippen molar-refractivity contribution in [1.82, 2.24) is 9.97 Å². The van der Waals surface area contributed by atoms with E-state index < -0.39 is 0 Å². The molecule has 3 aromatic rings. The number of nitrogens with one attached hydrogen (secondary N) is 1. The van der Waals surface area contributed by atoms with E-state index in [1.807, 2.05) is 18.4 Å². The van der Waals surface area contributed by atoms with Gasteiger partial charge in [-0.15, -0.1) is 11.3 Å². The van der Waals surface area contributed by atoms with Gasteiger partial charge in [0.1, 0.15) is 5.65 Å². The zero-order valence-corrected chi connectivity index (χ0v) is 11.8. The molecule has 3 nitrogen and oxygen atoms in total. The number of ketones is 1. The zero-order valence-electron chi connectivity index (χ0n) is 10.2. The summed E-state index contributed by atoms with van der Waals surface area (Å²) in [7, 11) is 0. The summed E-state index contributed by atoms with van der Waals surface area (Å²) in [5.41, 5.74) is 2.31. The van der Waals surface area contributed by atoms with Crippen molar-refractivity contribution in [3.05, 3.63) is 50.9 Å². The molecule has 3 rings (SSSR count). The van der Waals surface area contributed by atoms with Crippen molar-refractivity contribution in [3.8, 4) is 0 Å². The van der Waals surface area contributed by atoms with Crippen LogP contribution >= 0.6 is 22.9 Å². The Morgan fingerprint density at radius 1 is 1.47 bits per heavy atom. The second-order valence-corrected chi connectivity index (χ2v) is 5.50. The maximum Gasteiger partial charge on any atom is 0.205 e. The van der Waals surface area contributed by atoms with Crippen LogP contribution in [-0.2, 0) is 6.42 Å². The summed E-state index contributed by atoms with van der Waals surface area (Å²) in [5.74, 6) is 0.00741. The highest BCUT2D eigenvalue weighted by atomic mass is 35.5. The lowest BCUT2D eigenvalue weighted by Crippen LogP contribution is -2.01. The third kappa shape index (κ3) is 1.97. The Morgan fingerprint density at radius 3 is 3.11 bits per heavy atom. The van der Waals surface area contributed by atoms with Crippen molar-refractivity contribution >= 4 is 39.8 Å². The van der Waals surface area contributed by atoms with Crippen LogP contribution in [0.1, 0.15) is 27.7 Å². The van der Waals surface area contributed by atoms with Crippen LogP contribution in [0.3, 0.4) is 0 Å². The Morgan fingerprint density at radius 2 is 2.32 bits per heavy atom.